The van der Waals surface area contributed by atoms with Gasteiger partial charge in [0.05, 0.1) is 12.5 Å². The second kappa shape index (κ2) is 8.13. The fourth-order valence-electron chi connectivity index (χ4n) is 2.68. The van der Waals surface area contributed by atoms with Gasteiger partial charge in [-0.25, -0.2) is 0 Å². The zero-order valence-electron chi connectivity index (χ0n) is 13.2. The molecule has 0 saturated heterocycles. The molecule has 0 unspecified atom stereocenters. The molecular weight excluding hydrogens is 290 g/mol. The van der Waals surface area contributed by atoms with E-state index >= 15 is 0 Å². The number of benzene rings is 2. The average molecular weight is 311 g/mol. The third kappa shape index (κ3) is 4.42. The Labute approximate surface area is 136 Å². The van der Waals surface area contributed by atoms with Crippen molar-refractivity contribution in [1.82, 2.24) is 4.90 Å². The summed E-state index contributed by atoms with van der Waals surface area (Å²) in [6, 6.07) is 19.4. The van der Waals surface area contributed by atoms with Gasteiger partial charge in [-0.2, -0.15) is 0 Å². The molecule has 0 heterocycles. The van der Waals surface area contributed by atoms with Gasteiger partial charge in [0.25, 0.3) is 0 Å². The predicted octanol–water partition coefficient (Wildman–Crippen LogP) is 3.49. The summed E-state index contributed by atoms with van der Waals surface area (Å²) >= 11 is 0. The highest BCUT2D eigenvalue weighted by Crippen LogP contribution is 2.29. The Kier molecular flexibility index (Phi) is 5.92. The summed E-state index contributed by atoms with van der Waals surface area (Å²) in [7, 11) is 0. The van der Waals surface area contributed by atoms with E-state index in [0.29, 0.717) is 6.54 Å². The smallest absolute Gasteiger partial charge is 0.303 e. The fraction of sp³-hybridized carbons (Fsp3) is 0.263. The van der Waals surface area contributed by atoms with Crippen LogP contribution in [0.5, 0.6) is 0 Å². The molecule has 2 rings (SSSR count). The molecule has 0 aromatic heterocycles. The van der Waals surface area contributed by atoms with E-state index in [2.05, 4.69) is 0 Å². The van der Waals surface area contributed by atoms with Crippen LogP contribution in [0.3, 0.4) is 0 Å². The van der Waals surface area contributed by atoms with Crippen molar-refractivity contribution in [2.45, 2.75) is 25.8 Å². The van der Waals surface area contributed by atoms with Crippen LogP contribution in [0.1, 0.15) is 36.9 Å². The Morgan fingerprint density at radius 2 is 1.39 bits per heavy atom. The summed E-state index contributed by atoms with van der Waals surface area (Å²) in [5.74, 6) is -1.10. The van der Waals surface area contributed by atoms with E-state index in [1.807, 2.05) is 67.6 Å². The molecular formula is C19H21NO3. The number of carboxylic acid groups (broad SMARTS) is 1. The van der Waals surface area contributed by atoms with Crippen molar-refractivity contribution in [3.05, 3.63) is 71.8 Å². The van der Waals surface area contributed by atoms with Gasteiger partial charge in [-0.3, -0.25) is 9.59 Å². The van der Waals surface area contributed by atoms with Crippen LogP contribution in [0.2, 0.25) is 0 Å². The van der Waals surface area contributed by atoms with Crippen molar-refractivity contribution in [3.63, 3.8) is 0 Å². The average Bonchev–Trinajstić information content (AvgIpc) is 2.59. The molecule has 0 aliphatic heterocycles. The van der Waals surface area contributed by atoms with E-state index in [-0.39, 0.29) is 24.8 Å². The molecule has 23 heavy (non-hydrogen) atoms. The van der Waals surface area contributed by atoms with Crippen molar-refractivity contribution < 1.29 is 14.7 Å². The van der Waals surface area contributed by atoms with Crippen LogP contribution in [-0.4, -0.2) is 28.4 Å². The molecule has 1 N–H and O–H groups in total. The topological polar surface area (TPSA) is 57.6 Å². The number of hydrogen-bond acceptors (Lipinski definition) is 2. The molecule has 1 amide bonds. The van der Waals surface area contributed by atoms with Crippen molar-refractivity contribution in [2.75, 3.05) is 6.54 Å². The van der Waals surface area contributed by atoms with Crippen molar-refractivity contribution in [1.29, 1.82) is 0 Å². The van der Waals surface area contributed by atoms with Gasteiger partial charge in [-0.15, -0.1) is 0 Å². The molecule has 2 aromatic carbocycles. The summed E-state index contributed by atoms with van der Waals surface area (Å²) in [5, 5.41) is 8.82. The lowest BCUT2D eigenvalue weighted by atomic mass is 9.96. The zero-order chi connectivity index (χ0) is 16.7. The number of amides is 1. The minimum atomic E-state index is -0.953. The minimum absolute atomic E-state index is 0.0132. The van der Waals surface area contributed by atoms with E-state index in [1.54, 1.807) is 4.90 Å². The Morgan fingerprint density at radius 1 is 0.913 bits per heavy atom. The first-order valence-electron chi connectivity index (χ1n) is 7.74. The lowest BCUT2D eigenvalue weighted by Crippen LogP contribution is -2.35. The number of nitrogens with zero attached hydrogens (tertiary/aromatic N) is 1. The molecule has 120 valence electrons. The van der Waals surface area contributed by atoms with Gasteiger partial charge >= 0.3 is 5.97 Å². The van der Waals surface area contributed by atoms with Gasteiger partial charge in [0.15, 0.2) is 0 Å². The first-order chi connectivity index (χ1) is 11.1. The Bertz CT molecular complexity index is 601. The summed E-state index contributed by atoms with van der Waals surface area (Å²) in [4.78, 5) is 25.0. The molecule has 0 aliphatic rings. The largest absolute Gasteiger partial charge is 0.481 e. The van der Waals surface area contributed by atoms with Crippen molar-refractivity contribution in [3.8, 4) is 0 Å². The molecule has 0 aliphatic carbocycles. The standard InChI is InChI=1S/C19H21NO3/c1-2-20(17(21)13-14-18(22)23)19(15-9-5-3-6-10-15)16-11-7-4-8-12-16/h3-12,19H,2,13-14H2,1H3,(H,22,23). The monoisotopic (exact) mass is 311 g/mol. The van der Waals surface area contributed by atoms with Gasteiger partial charge in [-0.1, -0.05) is 60.7 Å². The number of carbonyl (C=O) groups excluding carboxylic acids is 1. The van der Waals surface area contributed by atoms with Crippen LogP contribution in [0.4, 0.5) is 0 Å². The first kappa shape index (κ1) is 16.7. The van der Waals surface area contributed by atoms with Crippen molar-refractivity contribution >= 4 is 11.9 Å². The number of hydrogen-bond donors (Lipinski definition) is 1. The molecule has 0 bridgehead atoms. The van der Waals surface area contributed by atoms with Crippen LogP contribution in [0.25, 0.3) is 0 Å². The third-order valence-corrected chi connectivity index (χ3v) is 3.76. The molecule has 0 fully saturated rings. The second-order valence-electron chi connectivity index (χ2n) is 5.30. The maximum atomic E-state index is 12.5. The summed E-state index contributed by atoms with van der Waals surface area (Å²) < 4.78 is 0. The molecule has 2 aromatic rings. The number of carboxylic acids is 1. The summed E-state index contributed by atoms with van der Waals surface area (Å²) in [6.07, 6.45) is -0.134. The summed E-state index contributed by atoms with van der Waals surface area (Å²) in [5.41, 5.74) is 2.04. The zero-order valence-corrected chi connectivity index (χ0v) is 13.2. The van der Waals surface area contributed by atoms with Gasteiger partial charge in [-0.05, 0) is 18.1 Å². The molecule has 0 spiro atoms. The van der Waals surface area contributed by atoms with Crippen LogP contribution in [0, 0.1) is 0 Å². The van der Waals surface area contributed by atoms with Crippen LogP contribution >= 0.6 is 0 Å². The fourth-order valence-corrected chi connectivity index (χ4v) is 2.68. The van der Waals surface area contributed by atoms with E-state index < -0.39 is 5.97 Å². The molecule has 4 nitrogen and oxygen atoms in total. The van der Waals surface area contributed by atoms with E-state index in [0.717, 1.165) is 11.1 Å². The lowest BCUT2D eigenvalue weighted by Gasteiger charge is -2.32. The highest BCUT2D eigenvalue weighted by atomic mass is 16.4. The van der Waals surface area contributed by atoms with E-state index in [9.17, 15) is 9.59 Å². The highest BCUT2D eigenvalue weighted by molar-refractivity contribution is 5.81. The highest BCUT2D eigenvalue weighted by Gasteiger charge is 2.25. The number of rotatable bonds is 7. The second-order valence-corrected chi connectivity index (χ2v) is 5.30. The minimum Gasteiger partial charge on any atom is -0.481 e. The third-order valence-electron chi connectivity index (χ3n) is 3.76. The van der Waals surface area contributed by atoms with E-state index in [4.69, 9.17) is 5.11 Å². The van der Waals surface area contributed by atoms with E-state index in [1.165, 1.54) is 0 Å². The first-order valence-corrected chi connectivity index (χ1v) is 7.74. The maximum absolute atomic E-state index is 12.5. The summed E-state index contributed by atoms with van der Waals surface area (Å²) in [6.45, 7) is 2.43. The molecule has 0 saturated carbocycles. The van der Waals surface area contributed by atoms with Crippen LogP contribution < -0.4 is 0 Å². The van der Waals surface area contributed by atoms with Gasteiger partial charge in [0, 0.05) is 13.0 Å². The van der Waals surface area contributed by atoms with Crippen LogP contribution in [-0.2, 0) is 9.59 Å². The van der Waals surface area contributed by atoms with Gasteiger partial charge < -0.3 is 10.0 Å². The van der Waals surface area contributed by atoms with Crippen molar-refractivity contribution in [2.24, 2.45) is 0 Å². The van der Waals surface area contributed by atoms with Gasteiger partial charge in [0.1, 0.15) is 0 Å². The SMILES string of the molecule is CCN(C(=O)CCC(=O)O)C(c1ccccc1)c1ccccc1. The molecule has 0 radical (unpaired) electrons. The Balaban J connectivity index is 2.35. The Hall–Kier alpha value is -2.62. The predicted molar refractivity (Wildman–Crippen MR) is 89.0 cm³/mol. The quantitative estimate of drug-likeness (QED) is 0.851. The number of carbonyl (C=O) groups is 2. The lowest BCUT2D eigenvalue weighted by molar-refractivity contribution is -0.141. The number of aliphatic carboxylic acids is 1. The van der Waals surface area contributed by atoms with Gasteiger partial charge in [0.2, 0.25) is 5.91 Å². The molecule has 4 heteroatoms. The Morgan fingerprint density at radius 3 is 1.78 bits per heavy atom. The van der Waals surface area contributed by atoms with Crippen LogP contribution in [0.15, 0.2) is 60.7 Å². The normalized spacial score (nSPS) is 10.5. The maximum Gasteiger partial charge on any atom is 0.303 e. The molecule has 0 atom stereocenters.